The van der Waals surface area contributed by atoms with E-state index in [1.54, 1.807) is 6.92 Å². The third-order valence-corrected chi connectivity index (χ3v) is 18.0. The zero-order valence-corrected chi connectivity index (χ0v) is 34.1. The van der Waals surface area contributed by atoms with Crippen LogP contribution in [-0.4, -0.2) is 47.0 Å². The number of carbonyl (C=O) groups excluding carboxylic acids is 1. The van der Waals surface area contributed by atoms with Crippen molar-refractivity contribution in [1.29, 1.82) is 0 Å². The van der Waals surface area contributed by atoms with E-state index in [4.69, 9.17) is 9.47 Å². The molecule has 4 aliphatic rings. The quantitative estimate of drug-likeness (QED) is 0.201. The van der Waals surface area contributed by atoms with Gasteiger partial charge in [0.05, 0.1) is 51.4 Å². The van der Waals surface area contributed by atoms with Gasteiger partial charge in [-0.25, -0.2) is 34.4 Å². The first kappa shape index (κ1) is 45.3. The van der Waals surface area contributed by atoms with Crippen molar-refractivity contribution < 1.29 is 80.1 Å². The molecule has 62 heavy (non-hydrogen) atoms. The molecule has 0 spiro atoms. The molecular weight excluding hydrogens is 887 g/mol. The molecule has 2 saturated carbocycles. The highest BCUT2D eigenvalue weighted by atomic mass is 32.2. The van der Waals surface area contributed by atoms with Crippen LogP contribution < -0.4 is 9.47 Å². The van der Waals surface area contributed by atoms with E-state index in [0.717, 1.165) is 48.5 Å². The molecule has 0 aromatic heterocycles. The number of aliphatic hydroxyl groups excluding tert-OH is 1. The molecule has 334 valence electrons. The summed E-state index contributed by atoms with van der Waals surface area (Å²) < 4.78 is 199. The summed E-state index contributed by atoms with van der Waals surface area (Å²) >= 11 is 0. The number of Topliss-reactive ketones (excluding diaryl/α,β-unsaturated/α-hetero) is 1. The predicted molar refractivity (Wildman–Crippen MR) is 199 cm³/mol. The fraction of sp³-hybridized carbons (Fsp3) is 0.405. The number of aliphatic hydroxyl groups is 1. The minimum atomic E-state index is -4.67. The third-order valence-electron chi connectivity index (χ3n) is 12.8. The van der Waals surface area contributed by atoms with Gasteiger partial charge in [-0.15, -0.1) is 0 Å². The van der Waals surface area contributed by atoms with Gasteiger partial charge in [0, 0.05) is 24.2 Å². The summed E-state index contributed by atoms with van der Waals surface area (Å²) in [7, 11) is -9.08. The molecule has 2 aliphatic heterocycles. The molecule has 8 rings (SSSR count). The van der Waals surface area contributed by atoms with Crippen molar-refractivity contribution in [3.63, 3.8) is 0 Å². The van der Waals surface area contributed by atoms with Crippen LogP contribution in [0.15, 0.2) is 82.6 Å². The Hall–Kier alpha value is -4.69. The minimum absolute atomic E-state index is 0.00702. The van der Waals surface area contributed by atoms with Gasteiger partial charge in [-0.2, -0.15) is 26.3 Å². The number of fused-ring (bicyclic) bond motifs is 6. The van der Waals surface area contributed by atoms with Crippen LogP contribution in [0.2, 0.25) is 0 Å². The topological polar surface area (TPSA) is 124 Å². The lowest BCUT2D eigenvalue weighted by molar-refractivity contribution is -0.138. The van der Waals surface area contributed by atoms with Crippen LogP contribution in [-0.2, 0) is 46.3 Å². The maximum Gasteiger partial charge on any atom is 0.416 e. The average molecular weight is 923 g/mol. The molecule has 8 nitrogen and oxygen atoms in total. The Morgan fingerprint density at radius 2 is 0.984 bits per heavy atom. The molecule has 0 saturated heterocycles. The lowest BCUT2D eigenvalue weighted by Crippen LogP contribution is -2.56. The average Bonchev–Trinajstić information content (AvgIpc) is 3.22. The molecule has 4 aromatic carbocycles. The molecule has 7 atom stereocenters. The fourth-order valence-electron chi connectivity index (χ4n) is 9.53. The van der Waals surface area contributed by atoms with E-state index in [2.05, 4.69) is 0 Å². The van der Waals surface area contributed by atoms with Crippen molar-refractivity contribution >= 4 is 25.5 Å². The van der Waals surface area contributed by atoms with E-state index in [0.29, 0.717) is 24.3 Å². The third kappa shape index (κ3) is 6.94. The van der Waals surface area contributed by atoms with E-state index < -0.39 is 138 Å². The van der Waals surface area contributed by atoms with Crippen LogP contribution in [0, 0.1) is 46.9 Å². The van der Waals surface area contributed by atoms with E-state index >= 15 is 8.78 Å². The Bertz CT molecular complexity index is 2640. The van der Waals surface area contributed by atoms with Gasteiger partial charge >= 0.3 is 12.4 Å². The van der Waals surface area contributed by atoms with Crippen molar-refractivity contribution in [1.82, 2.24) is 0 Å². The lowest BCUT2D eigenvalue weighted by atomic mass is 9.67. The van der Waals surface area contributed by atoms with Gasteiger partial charge in [0.15, 0.2) is 42.8 Å². The first-order chi connectivity index (χ1) is 28.8. The van der Waals surface area contributed by atoms with E-state index in [1.165, 1.54) is 6.92 Å². The number of sulfone groups is 2. The molecule has 2 heterocycles. The van der Waals surface area contributed by atoms with Crippen molar-refractivity contribution in [2.45, 2.75) is 77.3 Å². The summed E-state index contributed by atoms with van der Waals surface area (Å²) in [5, 5.41) is 10.3. The number of halogens is 10. The Labute approximate surface area is 348 Å². The minimum Gasteiger partial charge on any atom is -0.490 e. The molecule has 0 unspecified atom stereocenters. The van der Waals surface area contributed by atoms with Gasteiger partial charge < -0.3 is 14.6 Å². The van der Waals surface area contributed by atoms with Crippen LogP contribution in [0.3, 0.4) is 0 Å². The molecule has 2 aliphatic carbocycles. The van der Waals surface area contributed by atoms with Crippen LogP contribution >= 0.6 is 0 Å². The van der Waals surface area contributed by atoms with Gasteiger partial charge in [-0.3, -0.25) is 4.79 Å². The van der Waals surface area contributed by atoms with E-state index in [-0.39, 0.29) is 44.7 Å². The van der Waals surface area contributed by atoms with Gasteiger partial charge in [0.2, 0.25) is 0 Å². The van der Waals surface area contributed by atoms with Crippen LogP contribution in [0.1, 0.15) is 61.8 Å². The fourth-order valence-corrected chi connectivity index (χ4v) is 14.4. The summed E-state index contributed by atoms with van der Waals surface area (Å²) in [4.78, 5) is 11.4. The number of ether oxygens (including phenoxy) is 2. The molecule has 2 fully saturated rings. The maximum absolute atomic E-state index is 15.0. The predicted octanol–water partition coefficient (Wildman–Crippen LogP) is 9.11. The van der Waals surface area contributed by atoms with Crippen LogP contribution in [0.5, 0.6) is 11.5 Å². The van der Waals surface area contributed by atoms with Gasteiger partial charge in [0.25, 0.3) is 0 Å². The molecule has 0 amide bonds. The summed E-state index contributed by atoms with van der Waals surface area (Å²) in [6.07, 6.45) is -11.0. The number of carbonyl (C=O) groups is 1. The van der Waals surface area contributed by atoms with Crippen molar-refractivity contribution in [2.75, 3.05) is 13.2 Å². The van der Waals surface area contributed by atoms with Crippen molar-refractivity contribution in [2.24, 2.45) is 23.7 Å². The van der Waals surface area contributed by atoms with Crippen molar-refractivity contribution in [3.05, 3.63) is 118 Å². The van der Waals surface area contributed by atoms with Gasteiger partial charge in [0.1, 0.15) is 26.9 Å². The first-order valence-electron chi connectivity index (χ1n) is 19.1. The highest BCUT2D eigenvalue weighted by molar-refractivity contribution is 7.92. The van der Waals surface area contributed by atoms with Gasteiger partial charge in [-0.1, -0.05) is 13.8 Å². The molecule has 0 radical (unpaired) electrons. The monoisotopic (exact) mass is 922 g/mol. The number of ketones is 1. The second-order valence-electron chi connectivity index (χ2n) is 15.9. The molecule has 20 heteroatoms. The molecule has 4 aromatic rings. The Balaban J connectivity index is 0.000000186. The van der Waals surface area contributed by atoms with Gasteiger partial charge in [-0.05, 0) is 98.0 Å². The summed E-state index contributed by atoms with van der Waals surface area (Å²) in [5.41, 5.74) is -3.06. The number of hydrogen-bond acceptors (Lipinski definition) is 8. The SMILES string of the molecule is C[C@@H]1C(=O)CC[C@@]2(S(=O)(=O)c3ccc(C(F)(F)F)cc3)c3c(F)ccc(F)c3OC[C@@H]12.C[C@@H]1[C@H](O)CC[C@@]2(S(=O)(=O)c3ccc(C(F)(F)F)cc3)c3c(F)ccc(F)c3OC[C@@H]12. The smallest absolute Gasteiger partial charge is 0.416 e. The molecule has 1 N–H and O–H groups in total. The highest BCUT2D eigenvalue weighted by Gasteiger charge is 2.63. The number of hydrogen-bond donors (Lipinski definition) is 1. The normalized spacial score (nSPS) is 27.2. The van der Waals surface area contributed by atoms with Crippen LogP contribution in [0.4, 0.5) is 43.9 Å². The molecular formula is C42H36F10O8S2. The maximum atomic E-state index is 15.0. The second-order valence-corrected chi connectivity index (χ2v) is 20.3. The summed E-state index contributed by atoms with van der Waals surface area (Å²) in [6, 6.07) is 9.01. The van der Waals surface area contributed by atoms with Crippen LogP contribution in [0.25, 0.3) is 0 Å². The Morgan fingerprint density at radius 3 is 1.40 bits per heavy atom. The zero-order valence-electron chi connectivity index (χ0n) is 32.5. The van der Waals surface area contributed by atoms with E-state index in [1.807, 2.05) is 0 Å². The van der Waals surface area contributed by atoms with E-state index in [9.17, 15) is 61.9 Å². The summed E-state index contributed by atoms with van der Waals surface area (Å²) in [6.45, 7) is 2.46. The molecule has 0 bridgehead atoms. The Kier molecular flexibility index (Phi) is 11.4. The zero-order chi connectivity index (χ0) is 45.5. The van der Waals surface area contributed by atoms with Crippen molar-refractivity contribution in [3.8, 4) is 11.5 Å². The first-order valence-corrected chi connectivity index (χ1v) is 22.1. The second kappa shape index (κ2) is 15.5. The number of alkyl halides is 6. The highest BCUT2D eigenvalue weighted by Crippen LogP contribution is 2.59. The number of rotatable bonds is 4. The largest absolute Gasteiger partial charge is 0.490 e. The lowest BCUT2D eigenvalue weighted by Gasteiger charge is -2.51. The Morgan fingerprint density at radius 1 is 0.597 bits per heavy atom. The number of benzene rings is 4. The summed E-state index contributed by atoms with van der Waals surface area (Å²) in [5.74, 6) is -8.66. The standard InChI is InChI=1S/C21H19F5O4S.C21H17F5O4S/c2*1-11-14-10-30-19-16(23)7-6-15(22)18(19)20(14,9-8-17(11)27)31(28,29)13-4-2-12(3-5-13)21(24,25)26/h2-7,11,14,17,27H,8-10H2,1H3;2-7,11,14H,8-10H2,1H3/t11-,14-,17+,20-;11-,14-,20-/m00/s1.